The van der Waals surface area contributed by atoms with Gasteiger partial charge in [-0.2, -0.15) is 0 Å². The zero-order valence-corrected chi connectivity index (χ0v) is 12.2. The van der Waals surface area contributed by atoms with Crippen LogP contribution in [0.3, 0.4) is 0 Å². The second-order valence-corrected chi connectivity index (χ2v) is 6.73. The number of hydrogen-bond donors (Lipinski definition) is 0. The molecule has 0 bridgehead atoms. The smallest absolute Gasteiger partial charge is 0.176 e. The fraction of sp³-hybridized carbons (Fsp3) is 0.643. The molecule has 1 unspecified atom stereocenters. The Bertz CT molecular complexity index is 374. The average Bonchev–Trinajstić information content (AvgIpc) is 2.61. The molecule has 0 saturated heterocycles. The molecule has 0 spiro atoms. The second-order valence-electron chi connectivity index (χ2n) is 5.82. The van der Waals surface area contributed by atoms with Crippen molar-refractivity contribution < 1.29 is 9.53 Å². The van der Waals surface area contributed by atoms with Gasteiger partial charge < -0.3 is 4.74 Å². The maximum atomic E-state index is 12.1. The highest BCUT2D eigenvalue weighted by molar-refractivity contribution is 7.12. The molecule has 0 fully saturated rings. The minimum Gasteiger partial charge on any atom is -0.495 e. The summed E-state index contributed by atoms with van der Waals surface area (Å²) in [5.74, 6) is 1.32. The number of ketones is 1. The van der Waals surface area contributed by atoms with E-state index in [0.29, 0.717) is 18.1 Å². The number of methoxy groups -OCH3 is 1. The van der Waals surface area contributed by atoms with Crippen molar-refractivity contribution in [2.45, 2.75) is 40.5 Å². The fourth-order valence-corrected chi connectivity index (χ4v) is 3.00. The first-order valence-electron chi connectivity index (χ1n) is 5.98. The van der Waals surface area contributed by atoms with Crippen LogP contribution in [0, 0.1) is 11.3 Å². The maximum absolute atomic E-state index is 12.1. The van der Waals surface area contributed by atoms with Crippen molar-refractivity contribution in [3.63, 3.8) is 0 Å². The highest BCUT2D eigenvalue weighted by Gasteiger charge is 2.20. The van der Waals surface area contributed by atoms with Crippen molar-refractivity contribution in [1.82, 2.24) is 0 Å². The fourth-order valence-electron chi connectivity index (χ4n) is 2.19. The quantitative estimate of drug-likeness (QED) is 0.728. The number of Topliss-reactive ketones (excluding diaryl/α,β-unsaturated/α-hetero) is 1. The molecule has 1 rings (SSSR count). The lowest BCUT2D eigenvalue weighted by atomic mass is 9.83. The Morgan fingerprint density at radius 1 is 1.47 bits per heavy atom. The van der Waals surface area contributed by atoms with Crippen LogP contribution in [0.25, 0.3) is 0 Å². The molecule has 1 aromatic heterocycles. The van der Waals surface area contributed by atoms with Crippen molar-refractivity contribution >= 4 is 17.1 Å². The van der Waals surface area contributed by atoms with Crippen LogP contribution >= 0.6 is 11.3 Å². The van der Waals surface area contributed by atoms with Crippen LogP contribution in [-0.4, -0.2) is 12.9 Å². The van der Waals surface area contributed by atoms with Crippen LogP contribution in [0.1, 0.15) is 50.2 Å². The molecular weight excluding hydrogens is 232 g/mol. The summed E-state index contributed by atoms with van der Waals surface area (Å²) in [6.45, 7) is 8.77. The summed E-state index contributed by atoms with van der Waals surface area (Å²) in [5, 5.41) is 1.90. The van der Waals surface area contributed by atoms with Gasteiger partial charge in [0, 0.05) is 6.42 Å². The van der Waals surface area contributed by atoms with E-state index in [1.165, 1.54) is 11.3 Å². The third-order valence-corrected chi connectivity index (χ3v) is 3.53. The zero-order chi connectivity index (χ0) is 13.1. The number of hydrogen-bond acceptors (Lipinski definition) is 3. The summed E-state index contributed by atoms with van der Waals surface area (Å²) in [5.41, 5.74) is 0.277. The van der Waals surface area contributed by atoms with Gasteiger partial charge in [0.2, 0.25) is 0 Å². The van der Waals surface area contributed by atoms with Crippen LogP contribution in [0.5, 0.6) is 5.75 Å². The van der Waals surface area contributed by atoms with Gasteiger partial charge in [-0.1, -0.05) is 27.7 Å². The summed E-state index contributed by atoms with van der Waals surface area (Å²) >= 11 is 1.47. The molecule has 2 nitrogen and oxygen atoms in total. The molecule has 1 atom stereocenters. The van der Waals surface area contributed by atoms with Gasteiger partial charge >= 0.3 is 0 Å². The average molecular weight is 254 g/mol. The van der Waals surface area contributed by atoms with Crippen molar-refractivity contribution in [2.24, 2.45) is 11.3 Å². The number of thiophene rings is 1. The van der Waals surface area contributed by atoms with Gasteiger partial charge in [-0.05, 0) is 29.2 Å². The Hall–Kier alpha value is -0.830. The second kappa shape index (κ2) is 5.67. The first-order chi connectivity index (χ1) is 7.83. The van der Waals surface area contributed by atoms with E-state index >= 15 is 0 Å². The van der Waals surface area contributed by atoms with E-state index in [4.69, 9.17) is 4.74 Å². The Morgan fingerprint density at radius 2 is 2.12 bits per heavy atom. The topological polar surface area (TPSA) is 26.3 Å². The van der Waals surface area contributed by atoms with Gasteiger partial charge in [-0.3, -0.25) is 4.79 Å². The van der Waals surface area contributed by atoms with Crippen LogP contribution < -0.4 is 4.74 Å². The molecule has 1 heterocycles. The molecule has 17 heavy (non-hydrogen) atoms. The summed E-state index contributed by atoms with van der Waals surface area (Å²) in [4.78, 5) is 12.9. The predicted molar refractivity (Wildman–Crippen MR) is 73.1 cm³/mol. The van der Waals surface area contributed by atoms with Gasteiger partial charge in [-0.15, -0.1) is 11.3 Å². The molecular formula is C14H22O2S. The highest BCUT2D eigenvalue weighted by Crippen LogP contribution is 2.30. The standard InChI is InChI=1S/C14H22O2S/c1-10(9-14(2,3)4)8-11(15)13-12(16-5)6-7-17-13/h6-7,10H,8-9H2,1-5H3. The van der Waals surface area contributed by atoms with Crippen LogP contribution in [0.2, 0.25) is 0 Å². The Kier molecular flexibility index (Phi) is 4.75. The molecule has 0 N–H and O–H groups in total. The molecule has 96 valence electrons. The molecule has 0 aromatic carbocycles. The minimum absolute atomic E-state index is 0.202. The number of carbonyl (C=O) groups is 1. The molecule has 3 heteroatoms. The van der Waals surface area contributed by atoms with E-state index < -0.39 is 0 Å². The maximum Gasteiger partial charge on any atom is 0.176 e. The van der Waals surface area contributed by atoms with E-state index in [2.05, 4.69) is 27.7 Å². The van der Waals surface area contributed by atoms with Crippen LogP contribution in [0.15, 0.2) is 11.4 Å². The minimum atomic E-state index is 0.202. The van der Waals surface area contributed by atoms with Gasteiger partial charge in [0.25, 0.3) is 0 Å². The monoisotopic (exact) mass is 254 g/mol. The third-order valence-electron chi connectivity index (χ3n) is 2.60. The molecule has 0 aliphatic rings. The molecule has 0 amide bonds. The third kappa shape index (κ3) is 4.50. The van der Waals surface area contributed by atoms with Crippen molar-refractivity contribution in [3.05, 3.63) is 16.3 Å². The molecule has 0 radical (unpaired) electrons. The van der Waals surface area contributed by atoms with Crippen molar-refractivity contribution in [3.8, 4) is 5.75 Å². The van der Waals surface area contributed by atoms with Crippen LogP contribution in [-0.2, 0) is 0 Å². The number of rotatable bonds is 5. The molecule has 0 aliphatic carbocycles. The molecule has 0 aliphatic heterocycles. The first-order valence-corrected chi connectivity index (χ1v) is 6.86. The normalized spacial score (nSPS) is 13.5. The predicted octanol–water partition coefficient (Wildman–Crippen LogP) is 4.40. The van der Waals surface area contributed by atoms with Crippen molar-refractivity contribution in [2.75, 3.05) is 7.11 Å². The number of carbonyl (C=O) groups excluding carboxylic acids is 1. The van der Waals surface area contributed by atoms with Gasteiger partial charge in [0.1, 0.15) is 10.6 Å². The Labute approximate surface area is 108 Å². The lowest BCUT2D eigenvalue weighted by Gasteiger charge is -2.22. The van der Waals surface area contributed by atoms with Gasteiger partial charge in [0.15, 0.2) is 5.78 Å². The zero-order valence-electron chi connectivity index (χ0n) is 11.4. The summed E-state index contributed by atoms with van der Waals surface area (Å²) < 4.78 is 5.18. The van der Waals surface area contributed by atoms with E-state index in [1.807, 2.05) is 11.4 Å². The van der Waals surface area contributed by atoms with E-state index in [-0.39, 0.29) is 11.2 Å². The largest absolute Gasteiger partial charge is 0.495 e. The summed E-state index contributed by atoms with van der Waals surface area (Å²) in [6.07, 6.45) is 1.67. The van der Waals surface area contributed by atoms with E-state index in [1.54, 1.807) is 7.11 Å². The summed E-state index contributed by atoms with van der Waals surface area (Å²) in [7, 11) is 1.61. The Balaban J connectivity index is 2.61. The lowest BCUT2D eigenvalue weighted by molar-refractivity contribution is 0.0955. The Morgan fingerprint density at radius 3 is 2.65 bits per heavy atom. The molecule has 1 aromatic rings. The SMILES string of the molecule is COc1ccsc1C(=O)CC(C)CC(C)(C)C. The number of ether oxygens (including phenoxy) is 1. The first kappa shape index (κ1) is 14.2. The molecule has 0 saturated carbocycles. The lowest BCUT2D eigenvalue weighted by Crippen LogP contribution is -2.14. The van der Waals surface area contributed by atoms with E-state index in [0.717, 1.165) is 11.3 Å². The van der Waals surface area contributed by atoms with Gasteiger partial charge in [0.05, 0.1) is 7.11 Å². The van der Waals surface area contributed by atoms with Gasteiger partial charge in [-0.25, -0.2) is 0 Å². The summed E-state index contributed by atoms with van der Waals surface area (Å²) in [6, 6.07) is 1.85. The highest BCUT2D eigenvalue weighted by atomic mass is 32.1. The van der Waals surface area contributed by atoms with E-state index in [9.17, 15) is 4.79 Å². The van der Waals surface area contributed by atoms with Crippen molar-refractivity contribution in [1.29, 1.82) is 0 Å². The van der Waals surface area contributed by atoms with Crippen LogP contribution in [0.4, 0.5) is 0 Å².